The number of aryl methyl sites for hydroxylation is 4. The van der Waals surface area contributed by atoms with Gasteiger partial charge in [-0.3, -0.25) is 0 Å². The van der Waals surface area contributed by atoms with Gasteiger partial charge in [0.15, 0.2) is 0 Å². The molecule has 0 saturated heterocycles. The van der Waals surface area contributed by atoms with Crippen molar-refractivity contribution in [2.75, 3.05) is 0 Å². The van der Waals surface area contributed by atoms with Crippen LogP contribution in [0.1, 0.15) is 57.3 Å². The standard InChI is InChI=1S/C24H24Cl2.Zr/c1-15-5-7-17(3)21-19(15)9-11-23(21,25)13-14-24(26)12-10-20-16(2)6-8-18(4)22(20)24;/h5-12H,13-14H2,1-4H3;. The number of rotatable bonds is 3. The Morgan fingerprint density at radius 2 is 0.963 bits per heavy atom. The summed E-state index contributed by atoms with van der Waals surface area (Å²) in [7, 11) is 0. The predicted octanol–water partition coefficient (Wildman–Crippen LogP) is 7.32. The van der Waals surface area contributed by atoms with Crippen molar-refractivity contribution in [2.45, 2.75) is 50.3 Å². The predicted molar refractivity (Wildman–Crippen MR) is 114 cm³/mol. The molecule has 0 fully saturated rings. The van der Waals surface area contributed by atoms with Crippen molar-refractivity contribution in [1.29, 1.82) is 0 Å². The summed E-state index contributed by atoms with van der Waals surface area (Å²) in [5.41, 5.74) is 10.1. The number of benzene rings is 2. The van der Waals surface area contributed by atoms with Gasteiger partial charge in [0.1, 0.15) is 0 Å². The summed E-state index contributed by atoms with van der Waals surface area (Å²) in [6.45, 7) is 8.60. The molecule has 0 N–H and O–H groups in total. The zero-order chi connectivity index (χ0) is 18.7. The Labute approximate surface area is 191 Å². The van der Waals surface area contributed by atoms with E-state index in [1.54, 1.807) is 0 Å². The zero-order valence-corrected chi connectivity index (χ0v) is 20.3. The minimum atomic E-state index is -0.471. The topological polar surface area (TPSA) is 0 Å². The van der Waals surface area contributed by atoms with Crippen LogP contribution in [0.5, 0.6) is 0 Å². The van der Waals surface area contributed by atoms with Crippen LogP contribution < -0.4 is 0 Å². The van der Waals surface area contributed by atoms with E-state index in [2.05, 4.69) is 76.3 Å². The molecule has 2 aliphatic rings. The molecule has 0 nitrogen and oxygen atoms in total. The SMILES string of the molecule is Cc1ccc(C)c2c1C=CC2(Cl)CCC1(Cl)C=Cc2c(C)ccc(C)c21.[Zr]. The Balaban J connectivity index is 0.00000210. The maximum Gasteiger partial charge on any atom is 0.0887 e. The number of allylic oxidation sites excluding steroid dienone is 2. The molecule has 2 aliphatic carbocycles. The molecule has 3 heteroatoms. The fourth-order valence-electron chi connectivity index (χ4n) is 4.58. The van der Waals surface area contributed by atoms with E-state index in [0.717, 1.165) is 12.8 Å². The third-order valence-corrected chi connectivity index (χ3v) is 7.06. The second-order valence-electron chi connectivity index (χ2n) is 7.87. The van der Waals surface area contributed by atoms with Crippen molar-refractivity contribution in [3.8, 4) is 0 Å². The molecule has 27 heavy (non-hydrogen) atoms. The Kier molecular flexibility index (Phi) is 5.73. The maximum atomic E-state index is 7.15. The van der Waals surface area contributed by atoms with Crippen LogP contribution in [0.15, 0.2) is 36.4 Å². The van der Waals surface area contributed by atoms with Gasteiger partial charge in [0.25, 0.3) is 0 Å². The van der Waals surface area contributed by atoms with E-state index < -0.39 is 9.75 Å². The van der Waals surface area contributed by atoms with Crippen LogP contribution in [0.4, 0.5) is 0 Å². The van der Waals surface area contributed by atoms with E-state index in [4.69, 9.17) is 23.2 Å². The van der Waals surface area contributed by atoms with Gasteiger partial charge in [0, 0.05) is 26.2 Å². The largest absolute Gasteiger partial charge is 0.109 e. The zero-order valence-electron chi connectivity index (χ0n) is 16.3. The summed E-state index contributed by atoms with van der Waals surface area (Å²) in [6, 6.07) is 8.69. The third-order valence-electron chi connectivity index (χ3n) is 6.06. The average molecular weight is 475 g/mol. The van der Waals surface area contributed by atoms with Crippen LogP contribution in [0.2, 0.25) is 0 Å². The van der Waals surface area contributed by atoms with Gasteiger partial charge in [-0.1, -0.05) is 48.6 Å². The number of hydrogen-bond acceptors (Lipinski definition) is 0. The van der Waals surface area contributed by atoms with E-state index in [1.807, 2.05) is 0 Å². The third kappa shape index (κ3) is 3.35. The van der Waals surface area contributed by atoms with E-state index >= 15 is 0 Å². The van der Waals surface area contributed by atoms with Gasteiger partial charge in [-0.15, -0.1) is 23.2 Å². The van der Waals surface area contributed by atoms with Gasteiger partial charge in [-0.2, -0.15) is 0 Å². The summed E-state index contributed by atoms with van der Waals surface area (Å²) in [4.78, 5) is -0.941. The summed E-state index contributed by atoms with van der Waals surface area (Å²) >= 11 is 14.3. The van der Waals surface area contributed by atoms with E-state index in [1.165, 1.54) is 44.5 Å². The first-order valence-corrected chi connectivity index (χ1v) is 9.98. The van der Waals surface area contributed by atoms with Crippen molar-refractivity contribution in [2.24, 2.45) is 0 Å². The van der Waals surface area contributed by atoms with Gasteiger partial charge < -0.3 is 0 Å². The Bertz CT molecular complexity index is 893. The monoisotopic (exact) mass is 472 g/mol. The molecular formula is C24H24Cl2Zr. The van der Waals surface area contributed by atoms with Gasteiger partial charge >= 0.3 is 0 Å². The minimum Gasteiger partial charge on any atom is -0.109 e. The van der Waals surface area contributed by atoms with Crippen LogP contribution in [0, 0.1) is 27.7 Å². The van der Waals surface area contributed by atoms with Crippen LogP contribution in [-0.4, -0.2) is 0 Å². The molecule has 0 amide bonds. The molecule has 0 bridgehead atoms. The number of halogens is 2. The molecular weight excluding hydrogens is 450 g/mol. The van der Waals surface area contributed by atoms with Crippen molar-refractivity contribution < 1.29 is 26.2 Å². The van der Waals surface area contributed by atoms with Crippen LogP contribution in [0.3, 0.4) is 0 Å². The van der Waals surface area contributed by atoms with Crippen molar-refractivity contribution in [1.82, 2.24) is 0 Å². The summed E-state index contributed by atoms with van der Waals surface area (Å²) in [6.07, 6.45) is 10.3. The molecule has 2 aromatic rings. The molecule has 0 aromatic heterocycles. The molecule has 0 spiro atoms. The maximum absolute atomic E-state index is 7.15. The summed E-state index contributed by atoms with van der Waals surface area (Å²) in [5, 5.41) is 0. The van der Waals surface area contributed by atoms with Crippen molar-refractivity contribution in [3.05, 3.63) is 80.9 Å². The molecule has 2 aromatic carbocycles. The van der Waals surface area contributed by atoms with Crippen LogP contribution >= 0.6 is 23.2 Å². The number of hydrogen-bond donors (Lipinski definition) is 0. The molecule has 0 heterocycles. The van der Waals surface area contributed by atoms with E-state index in [0.29, 0.717) is 0 Å². The van der Waals surface area contributed by atoms with Crippen LogP contribution in [-0.2, 0) is 36.0 Å². The fourth-order valence-corrected chi connectivity index (χ4v) is 5.39. The molecule has 2 unspecified atom stereocenters. The molecule has 138 valence electrons. The second-order valence-corrected chi connectivity index (χ2v) is 9.22. The second kappa shape index (κ2) is 7.33. The fraction of sp³-hybridized carbons (Fsp3) is 0.333. The first-order valence-electron chi connectivity index (χ1n) is 9.23. The Morgan fingerprint density at radius 3 is 1.33 bits per heavy atom. The van der Waals surface area contributed by atoms with Gasteiger partial charge in [0.05, 0.1) is 9.75 Å². The van der Waals surface area contributed by atoms with Crippen molar-refractivity contribution in [3.63, 3.8) is 0 Å². The van der Waals surface area contributed by atoms with E-state index in [-0.39, 0.29) is 26.2 Å². The quantitative estimate of drug-likeness (QED) is 0.409. The smallest absolute Gasteiger partial charge is 0.0887 e. The first-order chi connectivity index (χ1) is 12.3. The van der Waals surface area contributed by atoms with Gasteiger partial charge in [-0.05, 0) is 85.0 Å². The normalized spacial score (nSPS) is 24.7. The molecule has 4 rings (SSSR count). The minimum absolute atomic E-state index is 0. The van der Waals surface area contributed by atoms with Gasteiger partial charge in [0.2, 0.25) is 0 Å². The van der Waals surface area contributed by atoms with Crippen LogP contribution in [0.25, 0.3) is 12.2 Å². The molecule has 2 atom stereocenters. The number of alkyl halides is 2. The molecule has 0 aliphatic heterocycles. The van der Waals surface area contributed by atoms with E-state index in [9.17, 15) is 0 Å². The first kappa shape index (κ1) is 21.1. The molecule has 0 saturated carbocycles. The van der Waals surface area contributed by atoms with Gasteiger partial charge in [-0.25, -0.2) is 0 Å². The Hall–Kier alpha value is -0.617. The summed E-state index contributed by atoms with van der Waals surface area (Å²) < 4.78 is 0. The summed E-state index contributed by atoms with van der Waals surface area (Å²) in [5.74, 6) is 0. The van der Waals surface area contributed by atoms with Crippen molar-refractivity contribution >= 4 is 35.4 Å². The Morgan fingerprint density at radius 1 is 0.630 bits per heavy atom. The number of fused-ring (bicyclic) bond motifs is 2. The molecule has 0 radical (unpaired) electrons. The average Bonchev–Trinajstić information content (AvgIpc) is 3.14.